The summed E-state index contributed by atoms with van der Waals surface area (Å²) in [4.78, 5) is 24.6. The summed E-state index contributed by atoms with van der Waals surface area (Å²) in [6.45, 7) is 4.20. The molecule has 0 aromatic heterocycles. The number of ether oxygens (including phenoxy) is 1. The Morgan fingerprint density at radius 2 is 2.10 bits per heavy atom. The van der Waals surface area contributed by atoms with Gasteiger partial charge in [-0.25, -0.2) is 9.18 Å². The molecule has 2 rings (SSSR count). The molecule has 1 aliphatic rings. The molecule has 2 amide bonds. The number of cyclic esters (lactones) is 1. The van der Waals surface area contributed by atoms with E-state index in [2.05, 4.69) is 5.32 Å². The molecule has 0 radical (unpaired) electrons. The predicted molar refractivity (Wildman–Crippen MR) is 71.9 cm³/mol. The van der Waals surface area contributed by atoms with E-state index in [0.29, 0.717) is 12.2 Å². The number of rotatable bonds is 4. The zero-order chi connectivity index (χ0) is 14.7. The van der Waals surface area contributed by atoms with Gasteiger partial charge in [0.05, 0.1) is 13.1 Å². The topological polar surface area (TPSA) is 58.6 Å². The fraction of sp³-hybridized carbons (Fsp3) is 0.429. The molecule has 1 fully saturated rings. The van der Waals surface area contributed by atoms with Crippen molar-refractivity contribution < 1.29 is 18.7 Å². The van der Waals surface area contributed by atoms with Crippen LogP contribution >= 0.6 is 0 Å². The van der Waals surface area contributed by atoms with E-state index in [1.165, 1.54) is 29.2 Å². The van der Waals surface area contributed by atoms with E-state index in [9.17, 15) is 14.0 Å². The highest BCUT2D eigenvalue weighted by molar-refractivity contribution is 5.89. The summed E-state index contributed by atoms with van der Waals surface area (Å²) >= 11 is 0. The molecule has 0 bridgehead atoms. The Morgan fingerprint density at radius 3 is 2.70 bits per heavy atom. The molecule has 0 aliphatic carbocycles. The summed E-state index contributed by atoms with van der Waals surface area (Å²) in [5.41, 5.74) is 0.578. The first-order chi connectivity index (χ1) is 9.47. The average molecular weight is 280 g/mol. The molecule has 1 aromatic rings. The molecular weight excluding hydrogens is 263 g/mol. The quantitative estimate of drug-likeness (QED) is 0.916. The summed E-state index contributed by atoms with van der Waals surface area (Å²) in [5, 5.41) is 2.72. The zero-order valence-corrected chi connectivity index (χ0v) is 11.4. The Kier molecular flexibility index (Phi) is 4.22. The van der Waals surface area contributed by atoms with Crippen LogP contribution in [0.15, 0.2) is 24.3 Å². The van der Waals surface area contributed by atoms with Crippen molar-refractivity contribution in [3.05, 3.63) is 30.1 Å². The van der Waals surface area contributed by atoms with Crippen molar-refractivity contribution in [1.29, 1.82) is 0 Å². The number of anilines is 1. The summed E-state index contributed by atoms with van der Waals surface area (Å²) in [7, 11) is 0. The molecule has 1 unspecified atom stereocenters. The number of hydrogen-bond acceptors (Lipinski definition) is 3. The second-order valence-electron chi connectivity index (χ2n) is 4.99. The molecule has 1 heterocycles. The molecular formula is C14H17FN2O3. The molecule has 1 aromatic carbocycles. The van der Waals surface area contributed by atoms with E-state index < -0.39 is 12.2 Å². The Hall–Kier alpha value is -2.11. The second-order valence-corrected chi connectivity index (χ2v) is 4.99. The highest BCUT2D eigenvalue weighted by atomic mass is 19.1. The van der Waals surface area contributed by atoms with Gasteiger partial charge in [0.25, 0.3) is 0 Å². The smallest absolute Gasteiger partial charge is 0.414 e. The first-order valence-corrected chi connectivity index (χ1v) is 6.49. The van der Waals surface area contributed by atoms with Gasteiger partial charge in [0.15, 0.2) is 0 Å². The van der Waals surface area contributed by atoms with Crippen molar-refractivity contribution in [2.75, 3.05) is 18.0 Å². The lowest BCUT2D eigenvalue weighted by Crippen LogP contribution is -2.36. The summed E-state index contributed by atoms with van der Waals surface area (Å²) in [6, 6.07) is 5.62. The summed E-state index contributed by atoms with van der Waals surface area (Å²) < 4.78 is 18.0. The van der Waals surface area contributed by atoms with E-state index in [0.717, 1.165) is 0 Å². The lowest BCUT2D eigenvalue weighted by molar-refractivity contribution is -0.124. The Bertz CT molecular complexity index is 502. The van der Waals surface area contributed by atoms with Crippen molar-refractivity contribution in [1.82, 2.24) is 5.32 Å². The lowest BCUT2D eigenvalue weighted by atomic mass is 10.2. The van der Waals surface area contributed by atoms with E-state index in [-0.39, 0.29) is 24.2 Å². The van der Waals surface area contributed by atoms with Crippen molar-refractivity contribution in [3.8, 4) is 0 Å². The second kappa shape index (κ2) is 5.90. The van der Waals surface area contributed by atoms with Gasteiger partial charge in [-0.2, -0.15) is 0 Å². The van der Waals surface area contributed by atoms with Crippen LogP contribution in [-0.4, -0.2) is 31.2 Å². The Labute approximate surface area is 116 Å². The number of hydrogen-bond donors (Lipinski definition) is 1. The Morgan fingerprint density at radius 1 is 1.45 bits per heavy atom. The fourth-order valence-corrected chi connectivity index (χ4v) is 1.88. The molecule has 1 atom stereocenters. The average Bonchev–Trinajstić information content (AvgIpc) is 2.78. The standard InChI is InChI=1S/C14H17FN2O3/c1-9(2)13(18)16-7-12-8-17(14(19)20-12)11-5-3-10(15)4-6-11/h3-6,9,12H,7-8H2,1-2H3,(H,16,18). The SMILES string of the molecule is CC(C)C(=O)NCC1CN(c2ccc(F)cc2)C(=O)O1. The van der Waals surface area contributed by atoms with Gasteiger partial charge in [-0.1, -0.05) is 13.8 Å². The molecule has 0 spiro atoms. The summed E-state index contributed by atoms with van der Waals surface area (Å²) in [6.07, 6.45) is -0.879. The van der Waals surface area contributed by atoms with E-state index in [1.807, 2.05) is 0 Å². The van der Waals surface area contributed by atoms with Gasteiger partial charge >= 0.3 is 6.09 Å². The van der Waals surface area contributed by atoms with Crippen LogP contribution in [0.4, 0.5) is 14.9 Å². The van der Waals surface area contributed by atoms with Crippen molar-refractivity contribution in [2.45, 2.75) is 20.0 Å². The molecule has 108 valence electrons. The highest BCUT2D eigenvalue weighted by Gasteiger charge is 2.32. The first-order valence-electron chi connectivity index (χ1n) is 6.49. The number of nitrogens with one attached hydrogen (secondary N) is 1. The van der Waals surface area contributed by atoms with Gasteiger partial charge in [-0.15, -0.1) is 0 Å². The molecule has 1 saturated heterocycles. The number of benzene rings is 1. The van der Waals surface area contributed by atoms with Gasteiger partial charge in [-0.05, 0) is 24.3 Å². The number of carbonyl (C=O) groups excluding carboxylic acids is 2. The molecule has 5 nitrogen and oxygen atoms in total. The third kappa shape index (κ3) is 3.26. The lowest BCUT2D eigenvalue weighted by Gasteiger charge is -2.13. The van der Waals surface area contributed by atoms with Gasteiger partial charge in [0, 0.05) is 11.6 Å². The van der Waals surface area contributed by atoms with Crippen LogP contribution in [0.1, 0.15) is 13.8 Å². The first kappa shape index (κ1) is 14.3. The predicted octanol–water partition coefficient (Wildman–Crippen LogP) is 1.92. The van der Waals surface area contributed by atoms with Crippen molar-refractivity contribution in [3.63, 3.8) is 0 Å². The minimum absolute atomic E-state index is 0.0821. The van der Waals surface area contributed by atoms with Crippen LogP contribution in [0.5, 0.6) is 0 Å². The van der Waals surface area contributed by atoms with E-state index in [4.69, 9.17) is 4.74 Å². The number of halogens is 1. The van der Waals surface area contributed by atoms with Crippen molar-refractivity contribution in [2.24, 2.45) is 5.92 Å². The van der Waals surface area contributed by atoms with Crippen LogP contribution in [0.25, 0.3) is 0 Å². The number of amides is 2. The van der Waals surface area contributed by atoms with Gasteiger partial charge in [0.1, 0.15) is 11.9 Å². The van der Waals surface area contributed by atoms with Crippen LogP contribution in [0.3, 0.4) is 0 Å². The maximum absolute atomic E-state index is 12.9. The molecule has 6 heteroatoms. The minimum Gasteiger partial charge on any atom is -0.442 e. The molecule has 1 aliphatic heterocycles. The maximum atomic E-state index is 12.9. The molecule has 1 N–H and O–H groups in total. The van der Waals surface area contributed by atoms with Crippen LogP contribution < -0.4 is 10.2 Å². The largest absolute Gasteiger partial charge is 0.442 e. The van der Waals surface area contributed by atoms with Crippen LogP contribution in [0.2, 0.25) is 0 Å². The monoisotopic (exact) mass is 280 g/mol. The maximum Gasteiger partial charge on any atom is 0.414 e. The minimum atomic E-state index is -0.486. The van der Waals surface area contributed by atoms with Crippen molar-refractivity contribution >= 4 is 17.7 Å². The summed E-state index contributed by atoms with van der Waals surface area (Å²) in [5.74, 6) is -0.552. The zero-order valence-electron chi connectivity index (χ0n) is 11.4. The van der Waals surface area contributed by atoms with E-state index >= 15 is 0 Å². The molecule has 0 saturated carbocycles. The van der Waals surface area contributed by atoms with Crippen LogP contribution in [0, 0.1) is 11.7 Å². The normalized spacial score (nSPS) is 18.3. The fourth-order valence-electron chi connectivity index (χ4n) is 1.88. The highest BCUT2D eigenvalue weighted by Crippen LogP contribution is 2.21. The van der Waals surface area contributed by atoms with Gasteiger partial charge in [-0.3, -0.25) is 9.69 Å². The van der Waals surface area contributed by atoms with Crippen LogP contribution in [-0.2, 0) is 9.53 Å². The van der Waals surface area contributed by atoms with E-state index in [1.54, 1.807) is 13.8 Å². The van der Waals surface area contributed by atoms with Gasteiger partial charge in [0.2, 0.25) is 5.91 Å². The third-order valence-corrected chi connectivity index (χ3v) is 3.04. The number of nitrogens with zero attached hydrogens (tertiary/aromatic N) is 1. The van der Waals surface area contributed by atoms with Gasteiger partial charge < -0.3 is 10.1 Å². The third-order valence-electron chi connectivity index (χ3n) is 3.04. The number of carbonyl (C=O) groups is 2. The Balaban J connectivity index is 1.94. The molecule has 20 heavy (non-hydrogen) atoms.